The Morgan fingerprint density at radius 1 is 1.14 bits per heavy atom. The highest BCUT2D eigenvalue weighted by atomic mass is 14.4. The minimum Gasteiger partial charge on any atom is -0.0651 e. The highest BCUT2D eigenvalue weighted by molar-refractivity contribution is 4.83. The Labute approximate surface area is 90.5 Å². The molecule has 0 heterocycles. The summed E-state index contributed by atoms with van der Waals surface area (Å²) in [5.41, 5.74) is 0. The van der Waals surface area contributed by atoms with E-state index in [0.29, 0.717) is 0 Å². The molecule has 0 aromatic heterocycles. The van der Waals surface area contributed by atoms with Crippen LogP contribution in [0.15, 0.2) is 0 Å². The first-order valence-electron chi connectivity index (χ1n) is 6.54. The van der Waals surface area contributed by atoms with Gasteiger partial charge in [0.15, 0.2) is 0 Å². The smallest absolute Gasteiger partial charge is 0.0383 e. The highest BCUT2D eigenvalue weighted by Gasteiger charge is 2.32. The van der Waals surface area contributed by atoms with Gasteiger partial charge in [0.2, 0.25) is 0 Å². The van der Waals surface area contributed by atoms with E-state index >= 15 is 0 Å². The molecule has 1 rings (SSSR count). The van der Waals surface area contributed by atoms with Crippen molar-refractivity contribution in [2.45, 2.75) is 60.3 Å². The summed E-state index contributed by atoms with van der Waals surface area (Å²) in [6, 6.07) is 0. The van der Waals surface area contributed by atoms with Gasteiger partial charge >= 0.3 is 0 Å². The van der Waals surface area contributed by atoms with Gasteiger partial charge in [-0.15, -0.1) is 0 Å². The maximum Gasteiger partial charge on any atom is -0.0383 e. The van der Waals surface area contributed by atoms with Crippen LogP contribution >= 0.6 is 0 Å². The van der Waals surface area contributed by atoms with Crippen molar-refractivity contribution in [2.75, 3.05) is 0 Å². The highest BCUT2D eigenvalue weighted by Crippen LogP contribution is 2.42. The Morgan fingerprint density at radius 2 is 1.79 bits per heavy atom. The Hall–Kier alpha value is 0. The molecule has 14 heavy (non-hydrogen) atoms. The van der Waals surface area contributed by atoms with Crippen molar-refractivity contribution in [1.29, 1.82) is 0 Å². The van der Waals surface area contributed by atoms with Crippen LogP contribution < -0.4 is 0 Å². The van der Waals surface area contributed by atoms with Gasteiger partial charge in [-0.2, -0.15) is 0 Å². The molecule has 0 aromatic carbocycles. The summed E-state index contributed by atoms with van der Waals surface area (Å²) in [6.07, 6.45) is 5.82. The second-order valence-corrected chi connectivity index (χ2v) is 5.98. The van der Waals surface area contributed by atoms with Crippen LogP contribution in [-0.2, 0) is 0 Å². The van der Waals surface area contributed by atoms with Gasteiger partial charge in [-0.1, -0.05) is 41.0 Å². The molecular formula is C14H28. The van der Waals surface area contributed by atoms with Crippen LogP contribution in [0.25, 0.3) is 0 Å². The Balaban J connectivity index is 2.40. The molecule has 0 bridgehead atoms. The van der Waals surface area contributed by atoms with E-state index < -0.39 is 0 Å². The van der Waals surface area contributed by atoms with Crippen LogP contribution in [0.1, 0.15) is 60.3 Å². The zero-order chi connectivity index (χ0) is 10.7. The molecular weight excluding hydrogens is 168 g/mol. The third kappa shape index (κ3) is 3.00. The minimum absolute atomic E-state index is 0.876. The molecule has 0 aromatic rings. The second kappa shape index (κ2) is 5.19. The van der Waals surface area contributed by atoms with E-state index in [1.165, 1.54) is 25.7 Å². The molecule has 1 aliphatic rings. The van der Waals surface area contributed by atoms with Gasteiger partial charge in [0.25, 0.3) is 0 Å². The molecule has 0 spiro atoms. The van der Waals surface area contributed by atoms with Gasteiger partial charge in [-0.05, 0) is 48.9 Å². The molecule has 0 nitrogen and oxygen atoms in total. The first-order chi connectivity index (χ1) is 6.54. The van der Waals surface area contributed by atoms with Gasteiger partial charge in [0.05, 0.1) is 0 Å². The van der Waals surface area contributed by atoms with Gasteiger partial charge < -0.3 is 0 Å². The summed E-state index contributed by atoms with van der Waals surface area (Å²) in [5.74, 6) is 4.86. The molecule has 0 radical (unpaired) electrons. The average molecular weight is 196 g/mol. The lowest BCUT2D eigenvalue weighted by atomic mass is 9.85. The molecule has 4 unspecified atom stereocenters. The molecule has 1 aliphatic carbocycles. The molecule has 1 saturated carbocycles. The second-order valence-electron chi connectivity index (χ2n) is 5.98. The monoisotopic (exact) mass is 196 g/mol. The van der Waals surface area contributed by atoms with Gasteiger partial charge in [0.1, 0.15) is 0 Å². The van der Waals surface area contributed by atoms with Gasteiger partial charge in [-0.25, -0.2) is 0 Å². The van der Waals surface area contributed by atoms with E-state index in [4.69, 9.17) is 0 Å². The first kappa shape index (κ1) is 12.1. The van der Waals surface area contributed by atoms with Gasteiger partial charge in [-0.3, -0.25) is 0 Å². The Morgan fingerprint density at radius 3 is 2.21 bits per heavy atom. The summed E-state index contributed by atoms with van der Waals surface area (Å²) in [4.78, 5) is 0. The van der Waals surface area contributed by atoms with Gasteiger partial charge in [0, 0.05) is 0 Å². The summed E-state index contributed by atoms with van der Waals surface area (Å²) in [6.45, 7) is 12.0. The molecule has 84 valence electrons. The fourth-order valence-electron chi connectivity index (χ4n) is 3.36. The van der Waals surface area contributed by atoms with Crippen LogP contribution in [0.2, 0.25) is 0 Å². The van der Waals surface area contributed by atoms with E-state index in [1.54, 1.807) is 0 Å². The predicted octanol–water partition coefficient (Wildman–Crippen LogP) is 4.74. The average Bonchev–Trinajstić information content (AvgIpc) is 2.45. The third-order valence-corrected chi connectivity index (χ3v) is 4.26. The van der Waals surface area contributed by atoms with Crippen LogP contribution in [0.5, 0.6) is 0 Å². The first-order valence-corrected chi connectivity index (χ1v) is 6.54. The van der Waals surface area contributed by atoms with E-state index in [0.717, 1.165) is 29.6 Å². The standard InChI is InChI=1S/C14H28/c1-6-13-9-14(8-12(13)5)11(4)7-10(2)3/h10-14H,6-9H2,1-5H3. The van der Waals surface area contributed by atoms with Crippen molar-refractivity contribution in [1.82, 2.24) is 0 Å². The quantitative estimate of drug-likeness (QED) is 0.609. The fourth-order valence-corrected chi connectivity index (χ4v) is 3.36. The number of hydrogen-bond acceptors (Lipinski definition) is 0. The lowest BCUT2D eigenvalue weighted by Crippen LogP contribution is -2.11. The molecule has 0 N–H and O–H groups in total. The van der Waals surface area contributed by atoms with E-state index in [-0.39, 0.29) is 0 Å². The molecule has 0 aliphatic heterocycles. The topological polar surface area (TPSA) is 0 Å². The lowest BCUT2D eigenvalue weighted by Gasteiger charge is -2.21. The molecule has 0 heteroatoms. The molecule has 0 amide bonds. The molecule has 4 atom stereocenters. The van der Waals surface area contributed by atoms with Crippen LogP contribution in [0.4, 0.5) is 0 Å². The van der Waals surface area contributed by atoms with E-state index in [1.807, 2.05) is 0 Å². The van der Waals surface area contributed by atoms with E-state index in [9.17, 15) is 0 Å². The normalized spacial score (nSPS) is 35.1. The lowest BCUT2D eigenvalue weighted by molar-refractivity contribution is 0.299. The summed E-state index contributed by atoms with van der Waals surface area (Å²) < 4.78 is 0. The third-order valence-electron chi connectivity index (χ3n) is 4.26. The fraction of sp³-hybridized carbons (Fsp3) is 1.00. The Bertz CT molecular complexity index is 159. The maximum absolute atomic E-state index is 2.47. The SMILES string of the molecule is CCC1CC(C(C)CC(C)C)CC1C. The zero-order valence-corrected chi connectivity index (χ0v) is 10.7. The van der Waals surface area contributed by atoms with Crippen molar-refractivity contribution < 1.29 is 0 Å². The zero-order valence-electron chi connectivity index (χ0n) is 10.7. The summed E-state index contributed by atoms with van der Waals surface area (Å²) in [5, 5.41) is 0. The summed E-state index contributed by atoms with van der Waals surface area (Å²) in [7, 11) is 0. The van der Waals surface area contributed by atoms with Crippen molar-refractivity contribution in [2.24, 2.45) is 29.6 Å². The van der Waals surface area contributed by atoms with Crippen molar-refractivity contribution in [3.8, 4) is 0 Å². The van der Waals surface area contributed by atoms with Crippen LogP contribution in [0, 0.1) is 29.6 Å². The Kier molecular flexibility index (Phi) is 4.47. The van der Waals surface area contributed by atoms with E-state index in [2.05, 4.69) is 34.6 Å². The number of rotatable bonds is 4. The van der Waals surface area contributed by atoms with Crippen molar-refractivity contribution >= 4 is 0 Å². The number of hydrogen-bond donors (Lipinski definition) is 0. The van der Waals surface area contributed by atoms with Crippen molar-refractivity contribution in [3.05, 3.63) is 0 Å². The van der Waals surface area contributed by atoms with Crippen molar-refractivity contribution in [3.63, 3.8) is 0 Å². The largest absolute Gasteiger partial charge is 0.0651 e. The van der Waals surface area contributed by atoms with Crippen LogP contribution in [-0.4, -0.2) is 0 Å². The summed E-state index contributed by atoms with van der Waals surface area (Å²) >= 11 is 0. The minimum atomic E-state index is 0.876. The predicted molar refractivity (Wildman–Crippen MR) is 64.3 cm³/mol. The maximum atomic E-state index is 2.47. The molecule has 0 saturated heterocycles. The molecule has 1 fully saturated rings. The van der Waals surface area contributed by atoms with Crippen LogP contribution in [0.3, 0.4) is 0 Å².